The van der Waals surface area contributed by atoms with Gasteiger partial charge in [-0.25, -0.2) is 0 Å². The molecule has 0 saturated carbocycles. The van der Waals surface area contributed by atoms with Gasteiger partial charge >= 0.3 is 0 Å². The van der Waals surface area contributed by atoms with E-state index >= 15 is 0 Å². The van der Waals surface area contributed by atoms with Crippen LogP contribution in [-0.4, -0.2) is 10.2 Å². The smallest absolute Gasteiger partial charge is 0.270 e. The van der Waals surface area contributed by atoms with E-state index in [0.29, 0.717) is 9.23 Å². The molecule has 3 rings (SSSR count). The van der Waals surface area contributed by atoms with Gasteiger partial charge in [0.15, 0.2) is 4.32 Å². The molecule has 116 valence electrons. The lowest BCUT2D eigenvalue weighted by Gasteiger charge is -2.18. The van der Waals surface area contributed by atoms with Gasteiger partial charge in [0.1, 0.15) is 5.76 Å². The fourth-order valence-electron chi connectivity index (χ4n) is 2.28. The lowest BCUT2D eigenvalue weighted by molar-refractivity contribution is -0.113. The average Bonchev–Trinajstić information content (AvgIpc) is 3.12. The summed E-state index contributed by atoms with van der Waals surface area (Å²) in [4.78, 5) is 14.9. The summed E-state index contributed by atoms with van der Waals surface area (Å²) < 4.78 is 5.78. The largest absolute Gasteiger partial charge is 0.465 e. The van der Waals surface area contributed by atoms with Crippen LogP contribution < -0.4 is 4.90 Å². The Bertz CT molecular complexity index is 820. The molecule has 1 saturated heterocycles. The predicted octanol–water partition coefficient (Wildman–Crippen LogP) is 4.86. The molecule has 1 aliphatic heterocycles. The normalized spacial score (nSPS) is 17.0. The minimum atomic E-state index is -0.0854. The number of carbonyl (C=O) groups is 1. The van der Waals surface area contributed by atoms with E-state index in [9.17, 15) is 4.79 Å². The van der Waals surface area contributed by atoms with Gasteiger partial charge in [-0.05, 0) is 55.3 Å². The summed E-state index contributed by atoms with van der Waals surface area (Å²) in [6.45, 7) is 4.03. The first kappa shape index (κ1) is 15.8. The molecule has 1 amide bonds. The van der Waals surface area contributed by atoms with Gasteiger partial charge in [0.25, 0.3) is 5.91 Å². The van der Waals surface area contributed by atoms with Gasteiger partial charge in [-0.2, -0.15) is 0 Å². The molecule has 0 spiro atoms. The van der Waals surface area contributed by atoms with Crippen LogP contribution in [0.5, 0.6) is 0 Å². The zero-order valence-electron chi connectivity index (χ0n) is 12.8. The second kappa shape index (κ2) is 6.56. The minimum absolute atomic E-state index is 0.0854. The molecule has 2 aromatic rings. The van der Waals surface area contributed by atoms with Crippen molar-refractivity contribution in [1.82, 2.24) is 0 Å². The van der Waals surface area contributed by atoms with Crippen LogP contribution in [0.15, 0.2) is 58.1 Å². The fraction of sp³-hybridized carbons (Fsp3) is 0.111. The second-order valence-electron chi connectivity index (χ2n) is 5.13. The van der Waals surface area contributed by atoms with Gasteiger partial charge < -0.3 is 4.42 Å². The van der Waals surface area contributed by atoms with Crippen molar-refractivity contribution >= 4 is 46.0 Å². The predicted molar refractivity (Wildman–Crippen MR) is 99.4 cm³/mol. The summed E-state index contributed by atoms with van der Waals surface area (Å²) >= 11 is 6.71. The Morgan fingerprint density at radius 3 is 2.78 bits per heavy atom. The van der Waals surface area contributed by atoms with Crippen LogP contribution in [0.2, 0.25) is 0 Å². The van der Waals surface area contributed by atoms with Crippen LogP contribution in [0.25, 0.3) is 6.08 Å². The number of anilines is 1. The summed E-state index contributed by atoms with van der Waals surface area (Å²) in [5.74, 6) is 0.657. The van der Waals surface area contributed by atoms with Gasteiger partial charge in [-0.3, -0.25) is 9.69 Å². The highest BCUT2D eigenvalue weighted by Gasteiger charge is 2.33. The van der Waals surface area contributed by atoms with E-state index in [1.165, 1.54) is 11.8 Å². The van der Waals surface area contributed by atoms with Crippen LogP contribution in [0.4, 0.5) is 5.69 Å². The molecule has 0 aliphatic carbocycles. The Morgan fingerprint density at radius 1 is 1.22 bits per heavy atom. The Labute approximate surface area is 144 Å². The molecule has 5 heteroatoms. The Kier molecular flexibility index (Phi) is 4.50. The standard InChI is InChI=1S/C18H15NO2S2/c1-12-6-3-9-15(13(12)2)19-17(20)16(23-18(19)22)10-4-7-14-8-5-11-21-14/h3-11H,1-2H3/b7-4+,16-10+. The number of thiocarbonyl (C=S) groups is 1. The lowest BCUT2D eigenvalue weighted by Crippen LogP contribution is -2.28. The molecule has 1 aromatic heterocycles. The first-order chi connectivity index (χ1) is 11.1. The van der Waals surface area contributed by atoms with E-state index in [4.69, 9.17) is 16.6 Å². The van der Waals surface area contributed by atoms with Crippen molar-refractivity contribution in [2.75, 3.05) is 4.90 Å². The van der Waals surface area contributed by atoms with Crippen LogP contribution in [0.3, 0.4) is 0 Å². The number of allylic oxidation sites excluding steroid dienone is 2. The van der Waals surface area contributed by atoms with Crippen LogP contribution in [0, 0.1) is 13.8 Å². The molecular weight excluding hydrogens is 326 g/mol. The van der Waals surface area contributed by atoms with E-state index in [-0.39, 0.29) is 5.91 Å². The zero-order chi connectivity index (χ0) is 16.4. The Hall–Kier alpha value is -2.11. The fourth-order valence-corrected chi connectivity index (χ4v) is 3.52. The second-order valence-corrected chi connectivity index (χ2v) is 6.81. The third kappa shape index (κ3) is 3.16. The van der Waals surface area contributed by atoms with Crippen molar-refractivity contribution in [2.45, 2.75) is 13.8 Å². The topological polar surface area (TPSA) is 33.5 Å². The number of amides is 1. The van der Waals surface area contributed by atoms with Crippen LogP contribution in [0.1, 0.15) is 16.9 Å². The summed E-state index contributed by atoms with van der Waals surface area (Å²) in [6, 6.07) is 9.56. The van der Waals surface area contributed by atoms with Gasteiger partial charge in [0.05, 0.1) is 16.9 Å². The molecule has 1 fully saturated rings. The van der Waals surface area contributed by atoms with Crippen molar-refractivity contribution in [1.29, 1.82) is 0 Å². The molecule has 1 aromatic carbocycles. The highest BCUT2D eigenvalue weighted by Crippen LogP contribution is 2.36. The highest BCUT2D eigenvalue weighted by molar-refractivity contribution is 8.27. The van der Waals surface area contributed by atoms with Crippen molar-refractivity contribution in [3.8, 4) is 0 Å². The molecule has 0 atom stereocenters. The average molecular weight is 341 g/mol. The monoisotopic (exact) mass is 341 g/mol. The van der Waals surface area contributed by atoms with Gasteiger partial charge in [-0.1, -0.05) is 42.2 Å². The first-order valence-corrected chi connectivity index (χ1v) is 8.35. The quantitative estimate of drug-likeness (QED) is 0.590. The molecule has 1 aliphatic rings. The van der Waals surface area contributed by atoms with E-state index in [1.54, 1.807) is 23.3 Å². The summed E-state index contributed by atoms with van der Waals surface area (Å²) in [5, 5.41) is 0. The maximum absolute atomic E-state index is 12.7. The van der Waals surface area contributed by atoms with Gasteiger partial charge in [0, 0.05) is 0 Å². The zero-order valence-corrected chi connectivity index (χ0v) is 14.4. The molecule has 2 heterocycles. The van der Waals surface area contributed by atoms with E-state index in [2.05, 4.69) is 0 Å². The third-order valence-electron chi connectivity index (χ3n) is 3.66. The van der Waals surface area contributed by atoms with Crippen LogP contribution in [-0.2, 0) is 4.79 Å². The van der Waals surface area contributed by atoms with E-state index in [1.807, 2.05) is 50.3 Å². The molecular formula is C18H15NO2S2. The van der Waals surface area contributed by atoms with E-state index in [0.717, 1.165) is 22.6 Å². The minimum Gasteiger partial charge on any atom is -0.465 e. The van der Waals surface area contributed by atoms with Crippen LogP contribution >= 0.6 is 24.0 Å². The molecule has 0 radical (unpaired) electrons. The van der Waals surface area contributed by atoms with Crippen molar-refractivity contribution in [2.24, 2.45) is 0 Å². The summed E-state index contributed by atoms with van der Waals surface area (Å²) in [5.41, 5.74) is 3.06. The number of hydrogen-bond acceptors (Lipinski definition) is 4. The molecule has 0 N–H and O–H groups in total. The van der Waals surface area contributed by atoms with Crippen molar-refractivity contribution < 1.29 is 9.21 Å². The summed E-state index contributed by atoms with van der Waals surface area (Å²) in [6.07, 6.45) is 6.99. The number of aryl methyl sites for hydroxylation is 1. The van der Waals surface area contributed by atoms with E-state index < -0.39 is 0 Å². The summed E-state index contributed by atoms with van der Waals surface area (Å²) in [7, 11) is 0. The molecule has 23 heavy (non-hydrogen) atoms. The van der Waals surface area contributed by atoms with Gasteiger partial charge in [0.2, 0.25) is 0 Å². The maximum atomic E-state index is 12.7. The van der Waals surface area contributed by atoms with Gasteiger partial charge in [-0.15, -0.1) is 0 Å². The number of rotatable bonds is 3. The third-order valence-corrected chi connectivity index (χ3v) is 4.98. The van der Waals surface area contributed by atoms with Crippen molar-refractivity contribution in [3.63, 3.8) is 0 Å². The van der Waals surface area contributed by atoms with Crippen molar-refractivity contribution in [3.05, 3.63) is 70.5 Å². The number of benzene rings is 1. The lowest BCUT2D eigenvalue weighted by atomic mass is 10.1. The highest BCUT2D eigenvalue weighted by atomic mass is 32.2. The molecule has 0 unspecified atom stereocenters. The molecule has 3 nitrogen and oxygen atoms in total. The SMILES string of the molecule is Cc1cccc(N2C(=O)/C(=C\C=C\c3ccco3)SC2=S)c1C. The number of hydrogen-bond donors (Lipinski definition) is 0. The number of carbonyl (C=O) groups excluding carboxylic acids is 1. The number of furan rings is 1. The first-order valence-electron chi connectivity index (χ1n) is 7.12. The Morgan fingerprint density at radius 2 is 2.04 bits per heavy atom. The molecule has 0 bridgehead atoms. The Balaban J connectivity index is 1.87. The number of nitrogens with zero attached hydrogens (tertiary/aromatic N) is 1. The maximum Gasteiger partial charge on any atom is 0.270 e. The number of thioether (sulfide) groups is 1.